The molecule has 1 aromatic heterocycles. The second kappa shape index (κ2) is 7.53. The van der Waals surface area contributed by atoms with Crippen LogP contribution in [0.25, 0.3) is 0 Å². The van der Waals surface area contributed by atoms with E-state index in [9.17, 15) is 13.2 Å². The maximum absolute atomic E-state index is 12.8. The number of benzene rings is 1. The topological polar surface area (TPSA) is 66.5 Å². The van der Waals surface area contributed by atoms with E-state index in [1.54, 1.807) is 29.2 Å². The van der Waals surface area contributed by atoms with Crippen molar-refractivity contribution < 1.29 is 13.2 Å². The number of carbonyl (C=O) groups is 1. The van der Waals surface area contributed by atoms with Gasteiger partial charge in [-0.2, -0.15) is 0 Å². The van der Waals surface area contributed by atoms with Gasteiger partial charge in [-0.15, -0.1) is 11.3 Å². The molecule has 2 heterocycles. The summed E-state index contributed by atoms with van der Waals surface area (Å²) in [6, 6.07) is 7.87. The molecule has 1 aromatic carbocycles. The van der Waals surface area contributed by atoms with Crippen LogP contribution >= 0.6 is 34.5 Å². The summed E-state index contributed by atoms with van der Waals surface area (Å²) in [4.78, 5) is 14.4. The molecular formula is C16H16Cl2N2O3S2. The molecule has 0 spiro atoms. The number of rotatable bonds is 4. The zero-order valence-corrected chi connectivity index (χ0v) is 16.3. The van der Waals surface area contributed by atoms with Crippen LogP contribution in [0.3, 0.4) is 0 Å². The number of halogens is 2. The Kier molecular flexibility index (Phi) is 5.58. The number of hydrogen-bond donors (Lipinski definition) is 1. The fourth-order valence-corrected chi connectivity index (χ4v) is 5.96. The molecule has 0 saturated carbocycles. The first-order chi connectivity index (χ1) is 11.9. The van der Waals surface area contributed by atoms with E-state index in [0.29, 0.717) is 18.7 Å². The van der Waals surface area contributed by atoms with Crippen LogP contribution in [0, 0.1) is 0 Å². The summed E-state index contributed by atoms with van der Waals surface area (Å²) in [5.41, 5.74) is 0.557. The Labute approximate surface area is 160 Å². The van der Waals surface area contributed by atoms with Gasteiger partial charge in [-0.1, -0.05) is 35.3 Å². The zero-order valence-electron chi connectivity index (χ0n) is 13.2. The predicted octanol–water partition coefficient (Wildman–Crippen LogP) is 4.48. The molecule has 3 rings (SSSR count). The third-order valence-corrected chi connectivity index (χ3v) is 7.08. The first-order valence-corrected chi connectivity index (χ1v) is 10.8. The van der Waals surface area contributed by atoms with Crippen LogP contribution < -0.4 is 4.72 Å². The molecular weight excluding hydrogens is 403 g/mol. The van der Waals surface area contributed by atoms with Crippen LogP contribution in [0.1, 0.15) is 29.6 Å². The normalized spacial score (nSPS) is 15.2. The average Bonchev–Trinajstić information content (AvgIpc) is 2.94. The van der Waals surface area contributed by atoms with Crippen molar-refractivity contribution in [1.29, 1.82) is 0 Å². The standard InChI is InChI=1S/C16H16Cl2N2O3S2/c17-14-10-13(15(18)24-14)25(22,23)19-12-7-3-2-6-11(12)16(21)20-8-4-1-5-9-20/h2-3,6-7,10,19H,1,4-5,8-9H2. The SMILES string of the molecule is O=C(c1ccccc1NS(=O)(=O)c1cc(Cl)sc1Cl)N1CCCCC1. The van der Waals surface area contributed by atoms with Gasteiger partial charge in [0.1, 0.15) is 9.23 Å². The maximum atomic E-state index is 12.8. The van der Waals surface area contributed by atoms with Crippen LogP contribution in [0.4, 0.5) is 5.69 Å². The van der Waals surface area contributed by atoms with Gasteiger partial charge in [0, 0.05) is 13.1 Å². The van der Waals surface area contributed by atoms with E-state index in [0.717, 1.165) is 30.6 Å². The van der Waals surface area contributed by atoms with Crippen LogP contribution in [0.2, 0.25) is 8.67 Å². The minimum atomic E-state index is -3.94. The highest BCUT2D eigenvalue weighted by Crippen LogP contribution is 2.35. The highest BCUT2D eigenvalue weighted by atomic mass is 35.5. The molecule has 25 heavy (non-hydrogen) atoms. The maximum Gasteiger partial charge on any atom is 0.264 e. The smallest absolute Gasteiger partial charge is 0.264 e. The molecule has 1 aliphatic heterocycles. The molecule has 134 valence electrons. The molecule has 1 amide bonds. The molecule has 9 heteroatoms. The molecule has 1 fully saturated rings. The molecule has 0 unspecified atom stereocenters. The molecule has 2 aromatic rings. The van der Waals surface area contributed by atoms with Gasteiger partial charge in [-0.05, 0) is 37.5 Å². The number of hydrogen-bond acceptors (Lipinski definition) is 4. The van der Waals surface area contributed by atoms with Crippen LogP contribution in [-0.2, 0) is 10.0 Å². The number of nitrogens with one attached hydrogen (secondary N) is 1. The monoisotopic (exact) mass is 418 g/mol. The quantitative estimate of drug-likeness (QED) is 0.795. The molecule has 0 aliphatic carbocycles. The fourth-order valence-electron chi connectivity index (χ4n) is 2.73. The number of nitrogens with zero attached hydrogens (tertiary/aromatic N) is 1. The molecule has 0 radical (unpaired) electrons. The number of para-hydroxylation sites is 1. The molecule has 0 atom stereocenters. The van der Waals surface area contributed by atoms with Crippen LogP contribution in [-0.4, -0.2) is 32.3 Å². The highest BCUT2D eigenvalue weighted by molar-refractivity contribution is 7.93. The van der Waals surface area contributed by atoms with Crippen molar-refractivity contribution in [3.63, 3.8) is 0 Å². The van der Waals surface area contributed by atoms with Crippen LogP contribution in [0.5, 0.6) is 0 Å². The Bertz CT molecular complexity index is 891. The van der Waals surface area contributed by atoms with E-state index >= 15 is 0 Å². The first-order valence-electron chi connectivity index (χ1n) is 7.74. The fraction of sp³-hybridized carbons (Fsp3) is 0.312. The number of likely N-dealkylation sites (tertiary alicyclic amines) is 1. The van der Waals surface area contributed by atoms with Crippen molar-refractivity contribution in [2.75, 3.05) is 17.8 Å². The second-order valence-corrected chi connectivity index (χ2v) is 9.63. The van der Waals surface area contributed by atoms with Crippen molar-refractivity contribution in [1.82, 2.24) is 4.90 Å². The van der Waals surface area contributed by atoms with E-state index in [1.165, 1.54) is 6.07 Å². The molecule has 1 N–H and O–H groups in total. The third-order valence-electron chi connectivity index (χ3n) is 3.96. The van der Waals surface area contributed by atoms with E-state index in [-0.39, 0.29) is 25.2 Å². The Balaban J connectivity index is 1.90. The Morgan fingerprint density at radius 3 is 2.44 bits per heavy atom. The lowest BCUT2D eigenvalue weighted by molar-refractivity contribution is 0.0725. The lowest BCUT2D eigenvalue weighted by Gasteiger charge is -2.27. The zero-order chi connectivity index (χ0) is 18.0. The number of carbonyl (C=O) groups excluding carboxylic acids is 1. The van der Waals surface area contributed by atoms with Crippen molar-refractivity contribution in [3.05, 3.63) is 44.6 Å². The predicted molar refractivity (Wildman–Crippen MR) is 101 cm³/mol. The number of piperidine rings is 1. The molecule has 5 nitrogen and oxygen atoms in total. The molecule has 1 aliphatic rings. The van der Waals surface area contributed by atoms with Gasteiger partial charge in [0.05, 0.1) is 15.6 Å². The van der Waals surface area contributed by atoms with E-state index < -0.39 is 10.0 Å². The number of thiophene rings is 1. The third kappa shape index (κ3) is 4.11. The molecule has 1 saturated heterocycles. The summed E-state index contributed by atoms with van der Waals surface area (Å²) in [5.74, 6) is -0.174. The number of sulfonamides is 1. The minimum Gasteiger partial charge on any atom is -0.339 e. The largest absolute Gasteiger partial charge is 0.339 e. The summed E-state index contributed by atoms with van der Waals surface area (Å²) >= 11 is 12.8. The van der Waals surface area contributed by atoms with Gasteiger partial charge in [-0.25, -0.2) is 8.42 Å². The number of anilines is 1. The van der Waals surface area contributed by atoms with Crippen LogP contribution in [0.15, 0.2) is 35.2 Å². The summed E-state index contributed by atoms with van der Waals surface area (Å²) < 4.78 is 28.1. The average molecular weight is 419 g/mol. The van der Waals surface area contributed by atoms with Gasteiger partial charge >= 0.3 is 0 Å². The lowest BCUT2D eigenvalue weighted by Crippen LogP contribution is -2.36. The van der Waals surface area contributed by atoms with Crippen molar-refractivity contribution >= 4 is 56.2 Å². The van der Waals surface area contributed by atoms with Gasteiger partial charge in [0.15, 0.2) is 0 Å². The van der Waals surface area contributed by atoms with E-state index in [4.69, 9.17) is 23.2 Å². The summed E-state index contributed by atoms with van der Waals surface area (Å²) in [6.45, 7) is 1.37. The van der Waals surface area contributed by atoms with E-state index in [2.05, 4.69) is 4.72 Å². The van der Waals surface area contributed by atoms with Crippen molar-refractivity contribution in [2.24, 2.45) is 0 Å². The summed E-state index contributed by atoms with van der Waals surface area (Å²) in [6.07, 6.45) is 3.03. The van der Waals surface area contributed by atoms with E-state index in [1.807, 2.05) is 0 Å². The second-order valence-electron chi connectivity index (χ2n) is 5.69. The first kappa shape index (κ1) is 18.5. The number of amides is 1. The highest BCUT2D eigenvalue weighted by Gasteiger charge is 2.25. The van der Waals surface area contributed by atoms with Gasteiger partial charge < -0.3 is 4.90 Å². The Morgan fingerprint density at radius 1 is 1.12 bits per heavy atom. The van der Waals surface area contributed by atoms with Crippen molar-refractivity contribution in [2.45, 2.75) is 24.2 Å². The Morgan fingerprint density at radius 2 is 1.80 bits per heavy atom. The van der Waals surface area contributed by atoms with Crippen molar-refractivity contribution in [3.8, 4) is 0 Å². The lowest BCUT2D eigenvalue weighted by atomic mass is 10.1. The minimum absolute atomic E-state index is 0.0809. The summed E-state index contributed by atoms with van der Waals surface area (Å²) in [5, 5.41) is 0. The Hall–Kier alpha value is -1.28. The summed E-state index contributed by atoms with van der Waals surface area (Å²) in [7, 11) is -3.94. The van der Waals surface area contributed by atoms with Gasteiger partial charge in [0.2, 0.25) is 0 Å². The molecule has 0 bridgehead atoms. The van der Waals surface area contributed by atoms with Gasteiger partial charge in [-0.3, -0.25) is 9.52 Å². The van der Waals surface area contributed by atoms with Gasteiger partial charge in [0.25, 0.3) is 15.9 Å².